The fourth-order valence-corrected chi connectivity index (χ4v) is 1.15. The number of halogens is 1. The van der Waals surface area contributed by atoms with Crippen LogP contribution in [0.3, 0.4) is 0 Å². The van der Waals surface area contributed by atoms with Crippen molar-refractivity contribution in [2.75, 3.05) is 26.0 Å². The highest BCUT2D eigenvalue weighted by Gasteiger charge is 2.04. The third kappa shape index (κ3) is 3.23. The highest BCUT2D eigenvalue weighted by Crippen LogP contribution is 2.15. The zero-order chi connectivity index (χ0) is 11.4. The molecule has 15 heavy (non-hydrogen) atoms. The zero-order valence-corrected chi connectivity index (χ0v) is 9.17. The smallest absolute Gasteiger partial charge is 0.241 e. The Labute approximate surface area is 88.9 Å². The van der Waals surface area contributed by atoms with Crippen molar-refractivity contribution in [3.05, 3.63) is 29.6 Å². The average Bonchev–Trinajstić information content (AvgIpc) is 2.15. The fraction of sp³-hybridized carbons (Fsp3) is 0.364. The van der Waals surface area contributed by atoms with E-state index in [0.717, 1.165) is 11.3 Å². The van der Waals surface area contributed by atoms with Crippen molar-refractivity contribution in [3.8, 4) is 0 Å². The second-order valence-corrected chi connectivity index (χ2v) is 3.60. The van der Waals surface area contributed by atoms with Crippen LogP contribution in [-0.2, 0) is 4.79 Å². The fourth-order valence-electron chi connectivity index (χ4n) is 1.15. The first-order valence-corrected chi connectivity index (χ1v) is 4.71. The lowest BCUT2D eigenvalue weighted by atomic mass is 10.2. The van der Waals surface area contributed by atoms with Gasteiger partial charge in [0.05, 0.1) is 6.54 Å². The highest BCUT2D eigenvalue weighted by atomic mass is 19.1. The van der Waals surface area contributed by atoms with Gasteiger partial charge in [-0.3, -0.25) is 4.79 Å². The number of hydrogen-bond acceptors (Lipinski definition) is 2. The molecule has 0 radical (unpaired) electrons. The number of rotatable bonds is 3. The van der Waals surface area contributed by atoms with E-state index in [-0.39, 0.29) is 18.3 Å². The maximum absolute atomic E-state index is 12.8. The summed E-state index contributed by atoms with van der Waals surface area (Å²) in [7, 11) is 3.39. The van der Waals surface area contributed by atoms with Gasteiger partial charge in [-0.1, -0.05) is 0 Å². The van der Waals surface area contributed by atoms with Crippen molar-refractivity contribution in [2.45, 2.75) is 6.92 Å². The summed E-state index contributed by atoms with van der Waals surface area (Å²) in [6.07, 6.45) is 0. The van der Waals surface area contributed by atoms with Gasteiger partial charge in [0.15, 0.2) is 0 Å². The van der Waals surface area contributed by atoms with E-state index in [2.05, 4.69) is 5.32 Å². The Morgan fingerprint density at radius 3 is 2.67 bits per heavy atom. The van der Waals surface area contributed by atoms with Crippen molar-refractivity contribution in [1.29, 1.82) is 0 Å². The number of likely N-dealkylation sites (N-methyl/N-ethyl adjacent to an activating group) is 1. The molecule has 3 nitrogen and oxygen atoms in total. The maximum Gasteiger partial charge on any atom is 0.241 e. The molecule has 0 unspecified atom stereocenters. The van der Waals surface area contributed by atoms with Crippen LogP contribution in [0, 0.1) is 12.7 Å². The van der Waals surface area contributed by atoms with Crippen LogP contribution in [0.1, 0.15) is 5.56 Å². The summed E-state index contributed by atoms with van der Waals surface area (Å²) in [4.78, 5) is 12.8. The first-order chi connectivity index (χ1) is 7.00. The lowest BCUT2D eigenvalue weighted by Crippen LogP contribution is -2.28. The van der Waals surface area contributed by atoms with E-state index in [0.29, 0.717) is 0 Å². The minimum atomic E-state index is -0.267. The lowest BCUT2D eigenvalue weighted by Gasteiger charge is -2.13. The van der Waals surface area contributed by atoms with E-state index >= 15 is 0 Å². The van der Waals surface area contributed by atoms with Crippen LogP contribution in [0.4, 0.5) is 10.1 Å². The van der Waals surface area contributed by atoms with Gasteiger partial charge in [0.25, 0.3) is 0 Å². The van der Waals surface area contributed by atoms with Crippen LogP contribution >= 0.6 is 0 Å². The molecule has 0 atom stereocenters. The van der Waals surface area contributed by atoms with Crippen molar-refractivity contribution in [1.82, 2.24) is 4.90 Å². The van der Waals surface area contributed by atoms with Gasteiger partial charge in [-0.05, 0) is 30.7 Å². The number of nitrogens with one attached hydrogen (secondary N) is 1. The standard InChI is InChI=1S/C11H15FN2O/c1-8-6-9(12)4-5-10(8)13-7-11(15)14(2)3/h4-6,13H,7H2,1-3H3. The molecular weight excluding hydrogens is 195 g/mol. The van der Waals surface area contributed by atoms with E-state index in [9.17, 15) is 9.18 Å². The summed E-state index contributed by atoms with van der Waals surface area (Å²) < 4.78 is 12.8. The molecule has 0 aliphatic carbocycles. The van der Waals surface area contributed by atoms with E-state index in [1.54, 1.807) is 27.1 Å². The summed E-state index contributed by atoms with van der Waals surface area (Å²) in [5, 5.41) is 2.96. The Bertz CT molecular complexity index is 364. The maximum atomic E-state index is 12.8. The Hall–Kier alpha value is -1.58. The van der Waals surface area contributed by atoms with Crippen LogP contribution in [-0.4, -0.2) is 31.4 Å². The molecule has 0 saturated heterocycles. The number of hydrogen-bond donors (Lipinski definition) is 1. The van der Waals surface area contributed by atoms with Gasteiger partial charge in [-0.15, -0.1) is 0 Å². The van der Waals surface area contributed by atoms with Gasteiger partial charge < -0.3 is 10.2 Å². The number of aryl methyl sites for hydroxylation is 1. The average molecular weight is 210 g/mol. The number of nitrogens with zero attached hydrogens (tertiary/aromatic N) is 1. The predicted molar refractivity (Wildman–Crippen MR) is 58.3 cm³/mol. The van der Waals surface area contributed by atoms with Gasteiger partial charge in [-0.25, -0.2) is 4.39 Å². The summed E-state index contributed by atoms with van der Waals surface area (Å²) in [5.74, 6) is -0.282. The largest absolute Gasteiger partial charge is 0.376 e. The van der Waals surface area contributed by atoms with Gasteiger partial charge in [-0.2, -0.15) is 0 Å². The SMILES string of the molecule is Cc1cc(F)ccc1NCC(=O)N(C)C. The second-order valence-electron chi connectivity index (χ2n) is 3.60. The summed E-state index contributed by atoms with van der Waals surface area (Å²) in [6.45, 7) is 2.02. The van der Waals surface area contributed by atoms with Gasteiger partial charge in [0, 0.05) is 19.8 Å². The molecule has 0 heterocycles. The molecule has 4 heteroatoms. The Kier molecular flexibility index (Phi) is 3.66. The van der Waals surface area contributed by atoms with E-state index in [4.69, 9.17) is 0 Å². The minimum absolute atomic E-state index is 0.0151. The van der Waals surface area contributed by atoms with Crippen LogP contribution in [0.25, 0.3) is 0 Å². The molecule has 1 amide bonds. The molecule has 0 saturated carbocycles. The molecule has 1 rings (SSSR count). The Morgan fingerprint density at radius 1 is 1.47 bits per heavy atom. The molecule has 0 aromatic heterocycles. The van der Waals surface area contributed by atoms with Gasteiger partial charge in [0.1, 0.15) is 5.82 Å². The molecular formula is C11H15FN2O. The first kappa shape index (κ1) is 11.5. The van der Waals surface area contributed by atoms with Crippen LogP contribution in [0.5, 0.6) is 0 Å². The van der Waals surface area contributed by atoms with Crippen molar-refractivity contribution >= 4 is 11.6 Å². The molecule has 1 aromatic carbocycles. The van der Waals surface area contributed by atoms with E-state index < -0.39 is 0 Å². The highest BCUT2D eigenvalue weighted by molar-refractivity contribution is 5.80. The zero-order valence-electron chi connectivity index (χ0n) is 9.17. The van der Waals surface area contributed by atoms with Gasteiger partial charge >= 0.3 is 0 Å². The molecule has 82 valence electrons. The topological polar surface area (TPSA) is 32.3 Å². The summed E-state index contributed by atoms with van der Waals surface area (Å²) in [5.41, 5.74) is 1.58. The Morgan fingerprint density at radius 2 is 2.13 bits per heavy atom. The predicted octanol–water partition coefficient (Wildman–Crippen LogP) is 1.63. The summed E-state index contributed by atoms with van der Waals surface area (Å²) in [6, 6.07) is 4.44. The number of anilines is 1. The lowest BCUT2D eigenvalue weighted by molar-refractivity contribution is -0.126. The van der Waals surface area contributed by atoms with Crippen molar-refractivity contribution in [3.63, 3.8) is 0 Å². The van der Waals surface area contributed by atoms with Crippen LogP contribution < -0.4 is 5.32 Å². The quantitative estimate of drug-likeness (QED) is 0.822. The normalized spacial score (nSPS) is 9.87. The van der Waals surface area contributed by atoms with E-state index in [1.807, 2.05) is 0 Å². The second kappa shape index (κ2) is 4.77. The number of benzene rings is 1. The summed E-state index contributed by atoms with van der Waals surface area (Å²) >= 11 is 0. The van der Waals surface area contributed by atoms with Crippen molar-refractivity contribution in [2.24, 2.45) is 0 Å². The molecule has 0 fully saturated rings. The molecule has 0 bridgehead atoms. The van der Waals surface area contributed by atoms with Crippen LogP contribution in [0.2, 0.25) is 0 Å². The number of amides is 1. The third-order valence-electron chi connectivity index (χ3n) is 2.12. The molecule has 1 aromatic rings. The first-order valence-electron chi connectivity index (χ1n) is 4.71. The molecule has 0 spiro atoms. The number of carbonyl (C=O) groups excluding carboxylic acids is 1. The molecule has 0 aliphatic rings. The third-order valence-corrected chi connectivity index (χ3v) is 2.12. The van der Waals surface area contributed by atoms with E-state index in [1.165, 1.54) is 17.0 Å². The monoisotopic (exact) mass is 210 g/mol. The van der Waals surface area contributed by atoms with Gasteiger partial charge in [0.2, 0.25) is 5.91 Å². The Balaban J connectivity index is 2.62. The minimum Gasteiger partial charge on any atom is -0.376 e. The molecule has 1 N–H and O–H groups in total. The number of carbonyl (C=O) groups is 1. The van der Waals surface area contributed by atoms with Crippen LogP contribution in [0.15, 0.2) is 18.2 Å². The van der Waals surface area contributed by atoms with Crippen molar-refractivity contribution < 1.29 is 9.18 Å². The molecule has 0 aliphatic heterocycles.